The van der Waals surface area contributed by atoms with Crippen molar-refractivity contribution in [3.05, 3.63) is 76.7 Å². The molecule has 0 saturated carbocycles. The molecule has 9 heteroatoms. The molecule has 0 fully saturated rings. The van der Waals surface area contributed by atoms with E-state index in [4.69, 9.17) is 9.47 Å². The number of carbonyl (C=O) groups is 2. The van der Waals surface area contributed by atoms with Gasteiger partial charge in [0.2, 0.25) is 0 Å². The van der Waals surface area contributed by atoms with Crippen LogP contribution in [0.3, 0.4) is 0 Å². The molecule has 2 heterocycles. The Bertz CT molecular complexity index is 1250. The Labute approximate surface area is 181 Å². The number of aromatic nitrogens is 2. The molecule has 0 spiro atoms. The molecule has 0 radical (unpaired) electrons. The van der Waals surface area contributed by atoms with Crippen LogP contribution in [0, 0.1) is 0 Å². The molecule has 0 unspecified atom stereocenters. The summed E-state index contributed by atoms with van der Waals surface area (Å²) in [4.78, 5) is 29.1. The fourth-order valence-electron chi connectivity index (χ4n) is 2.90. The van der Waals surface area contributed by atoms with Crippen LogP contribution >= 0.6 is 11.3 Å². The number of hydrogen-bond donors (Lipinski definition) is 1. The number of nitrogens with zero attached hydrogens (tertiary/aromatic N) is 3. The molecule has 0 aliphatic rings. The molecule has 2 aromatic carbocycles. The highest BCUT2D eigenvalue weighted by Crippen LogP contribution is 2.28. The number of nitrogens with one attached hydrogen (secondary N) is 1. The SMILES string of the molecule is COc1cc(/C=N/NC(=O)Cn2cnc3ccccc32)ccc1OC(=O)c1cccs1. The zero-order chi connectivity index (χ0) is 21.6. The summed E-state index contributed by atoms with van der Waals surface area (Å²) in [5.41, 5.74) is 4.86. The average molecular weight is 434 g/mol. The topological polar surface area (TPSA) is 94.8 Å². The Morgan fingerprint density at radius 3 is 2.84 bits per heavy atom. The summed E-state index contributed by atoms with van der Waals surface area (Å²) in [5.74, 6) is -0.0546. The van der Waals surface area contributed by atoms with E-state index in [0.717, 1.165) is 11.0 Å². The van der Waals surface area contributed by atoms with Gasteiger partial charge in [0.25, 0.3) is 5.91 Å². The van der Waals surface area contributed by atoms with Gasteiger partial charge in [0.15, 0.2) is 11.5 Å². The van der Waals surface area contributed by atoms with Crippen LogP contribution in [0.4, 0.5) is 0 Å². The maximum atomic E-state index is 12.2. The van der Waals surface area contributed by atoms with Gasteiger partial charge in [-0.1, -0.05) is 18.2 Å². The lowest BCUT2D eigenvalue weighted by Gasteiger charge is -2.09. The summed E-state index contributed by atoms with van der Waals surface area (Å²) in [5, 5.41) is 5.79. The fraction of sp³-hybridized carbons (Fsp3) is 0.0909. The Hall–Kier alpha value is -3.98. The number of imidazole rings is 1. The van der Waals surface area contributed by atoms with Crippen molar-refractivity contribution in [2.75, 3.05) is 7.11 Å². The number of amides is 1. The largest absolute Gasteiger partial charge is 0.493 e. The van der Waals surface area contributed by atoms with Crippen molar-refractivity contribution >= 4 is 40.5 Å². The molecular weight excluding hydrogens is 416 g/mol. The third-order valence-electron chi connectivity index (χ3n) is 4.36. The number of thiophene rings is 1. The van der Waals surface area contributed by atoms with E-state index in [1.807, 2.05) is 24.3 Å². The van der Waals surface area contributed by atoms with Gasteiger partial charge >= 0.3 is 5.97 Å². The number of para-hydroxylation sites is 2. The first-order valence-corrected chi connectivity index (χ1v) is 10.2. The first kappa shape index (κ1) is 20.3. The Morgan fingerprint density at radius 1 is 1.16 bits per heavy atom. The van der Waals surface area contributed by atoms with E-state index in [1.54, 1.807) is 46.6 Å². The van der Waals surface area contributed by atoms with Gasteiger partial charge in [0.05, 0.1) is 30.7 Å². The van der Waals surface area contributed by atoms with Gasteiger partial charge in [0, 0.05) is 0 Å². The smallest absolute Gasteiger partial charge is 0.353 e. The van der Waals surface area contributed by atoms with Gasteiger partial charge in [0.1, 0.15) is 11.4 Å². The predicted molar refractivity (Wildman–Crippen MR) is 118 cm³/mol. The number of ether oxygens (including phenoxy) is 2. The minimum atomic E-state index is -0.450. The number of carbonyl (C=O) groups excluding carboxylic acids is 2. The average Bonchev–Trinajstić information content (AvgIpc) is 3.45. The number of methoxy groups -OCH3 is 1. The molecule has 4 rings (SSSR count). The number of hydrazone groups is 1. The minimum Gasteiger partial charge on any atom is -0.493 e. The lowest BCUT2D eigenvalue weighted by atomic mass is 10.2. The van der Waals surface area contributed by atoms with Gasteiger partial charge in [-0.15, -0.1) is 11.3 Å². The molecule has 0 bridgehead atoms. The van der Waals surface area contributed by atoms with Crippen LogP contribution in [0.15, 0.2) is 71.4 Å². The van der Waals surface area contributed by atoms with Crippen molar-refractivity contribution in [3.8, 4) is 11.5 Å². The van der Waals surface area contributed by atoms with E-state index in [0.29, 0.717) is 21.9 Å². The van der Waals surface area contributed by atoms with Crippen LogP contribution in [0.5, 0.6) is 11.5 Å². The lowest BCUT2D eigenvalue weighted by Crippen LogP contribution is -2.22. The van der Waals surface area contributed by atoms with Crippen molar-refractivity contribution in [1.29, 1.82) is 0 Å². The fourth-order valence-corrected chi connectivity index (χ4v) is 3.50. The summed E-state index contributed by atoms with van der Waals surface area (Å²) in [7, 11) is 1.48. The standard InChI is InChI=1S/C22H18N4O4S/c1-29-19-11-15(8-9-18(19)30-22(28)20-7-4-10-31-20)12-24-25-21(27)13-26-14-23-16-5-2-3-6-17(16)26/h2-12,14H,13H2,1H3,(H,25,27)/b24-12+. The van der Waals surface area contributed by atoms with Crippen LogP contribution in [0.2, 0.25) is 0 Å². The third kappa shape index (κ3) is 4.78. The van der Waals surface area contributed by atoms with Gasteiger partial charge in [-0.05, 0) is 47.3 Å². The maximum absolute atomic E-state index is 12.2. The molecule has 2 aromatic heterocycles. The Kier molecular flexibility index (Phi) is 6.04. The third-order valence-corrected chi connectivity index (χ3v) is 5.21. The molecule has 0 saturated heterocycles. The van der Waals surface area contributed by atoms with Crippen LogP contribution in [0.1, 0.15) is 15.2 Å². The van der Waals surface area contributed by atoms with Crippen molar-refractivity contribution < 1.29 is 19.1 Å². The highest BCUT2D eigenvalue weighted by molar-refractivity contribution is 7.12. The summed E-state index contributed by atoms with van der Waals surface area (Å²) in [6.07, 6.45) is 3.10. The van der Waals surface area contributed by atoms with Crippen LogP contribution < -0.4 is 14.9 Å². The van der Waals surface area contributed by atoms with Crippen LogP contribution in [-0.4, -0.2) is 34.8 Å². The second kappa shape index (κ2) is 9.23. The van der Waals surface area contributed by atoms with E-state index in [-0.39, 0.29) is 12.5 Å². The molecular formula is C22H18N4O4S. The second-order valence-corrected chi connectivity index (χ2v) is 7.38. The predicted octanol–water partition coefficient (Wildman–Crippen LogP) is 3.48. The van der Waals surface area contributed by atoms with E-state index in [1.165, 1.54) is 24.7 Å². The van der Waals surface area contributed by atoms with Crippen LogP contribution in [0.25, 0.3) is 11.0 Å². The normalized spacial score (nSPS) is 11.0. The van der Waals surface area contributed by atoms with E-state index < -0.39 is 5.97 Å². The van der Waals surface area contributed by atoms with Crippen LogP contribution in [-0.2, 0) is 11.3 Å². The number of benzene rings is 2. The highest BCUT2D eigenvalue weighted by Gasteiger charge is 2.13. The molecule has 31 heavy (non-hydrogen) atoms. The minimum absolute atomic E-state index is 0.0960. The highest BCUT2D eigenvalue weighted by atomic mass is 32.1. The lowest BCUT2D eigenvalue weighted by molar-refractivity contribution is -0.121. The molecule has 0 aliphatic heterocycles. The number of fused-ring (bicyclic) bond motifs is 1. The summed E-state index contributed by atoms with van der Waals surface area (Å²) < 4.78 is 12.5. The van der Waals surface area contributed by atoms with Gasteiger partial charge in [-0.3, -0.25) is 4.79 Å². The second-order valence-electron chi connectivity index (χ2n) is 6.43. The van der Waals surface area contributed by atoms with Crippen molar-refractivity contribution in [1.82, 2.24) is 15.0 Å². The Morgan fingerprint density at radius 2 is 2.03 bits per heavy atom. The van der Waals surface area contributed by atoms with Crippen molar-refractivity contribution in [3.63, 3.8) is 0 Å². The van der Waals surface area contributed by atoms with Gasteiger partial charge in [-0.2, -0.15) is 5.10 Å². The zero-order valence-electron chi connectivity index (χ0n) is 16.5. The van der Waals surface area contributed by atoms with E-state index >= 15 is 0 Å². The molecule has 0 aliphatic carbocycles. The summed E-state index contributed by atoms with van der Waals surface area (Å²) >= 11 is 1.30. The number of hydrogen-bond acceptors (Lipinski definition) is 7. The molecule has 0 atom stereocenters. The first-order chi connectivity index (χ1) is 15.1. The molecule has 8 nitrogen and oxygen atoms in total. The zero-order valence-corrected chi connectivity index (χ0v) is 17.3. The quantitative estimate of drug-likeness (QED) is 0.208. The molecule has 1 N–H and O–H groups in total. The monoisotopic (exact) mass is 434 g/mol. The van der Waals surface area contributed by atoms with Crippen molar-refractivity contribution in [2.24, 2.45) is 5.10 Å². The summed E-state index contributed by atoms with van der Waals surface area (Å²) in [6, 6.07) is 16.0. The number of rotatable bonds is 7. The molecule has 1 amide bonds. The molecule has 156 valence electrons. The first-order valence-electron chi connectivity index (χ1n) is 9.29. The summed E-state index contributed by atoms with van der Waals surface area (Å²) in [6.45, 7) is 0.0960. The van der Waals surface area contributed by atoms with Gasteiger partial charge in [-0.25, -0.2) is 15.2 Å². The van der Waals surface area contributed by atoms with E-state index in [9.17, 15) is 9.59 Å². The maximum Gasteiger partial charge on any atom is 0.353 e. The Balaban J connectivity index is 1.38. The van der Waals surface area contributed by atoms with Gasteiger partial charge < -0.3 is 14.0 Å². The molecule has 4 aromatic rings. The number of esters is 1. The van der Waals surface area contributed by atoms with Crippen molar-refractivity contribution in [2.45, 2.75) is 6.54 Å². The van der Waals surface area contributed by atoms with E-state index in [2.05, 4.69) is 15.5 Å².